The van der Waals surface area contributed by atoms with Gasteiger partial charge in [-0.25, -0.2) is 0 Å². The maximum Gasteiger partial charge on any atom is 0.416 e. The molecule has 1 saturated heterocycles. The van der Waals surface area contributed by atoms with Crippen molar-refractivity contribution in [2.75, 3.05) is 13.2 Å². The van der Waals surface area contributed by atoms with E-state index in [1.54, 1.807) is 6.92 Å². The van der Waals surface area contributed by atoms with E-state index in [9.17, 15) is 18.0 Å². The summed E-state index contributed by atoms with van der Waals surface area (Å²) in [5.41, 5.74) is -0.0513. The van der Waals surface area contributed by atoms with E-state index in [2.05, 4.69) is 17.1 Å². The summed E-state index contributed by atoms with van der Waals surface area (Å²) in [6.07, 6.45) is -1.64. The lowest BCUT2D eigenvalue weighted by atomic mass is 9.95. The number of halogens is 3. The predicted octanol–water partition coefficient (Wildman–Crippen LogP) is 5.20. The molecule has 1 fully saturated rings. The first-order valence-corrected chi connectivity index (χ1v) is 10.7. The number of likely N-dealkylation sites (tertiary alicyclic amines) is 1. The lowest BCUT2D eigenvalue weighted by molar-refractivity contribution is -0.137. The molecule has 1 heterocycles. The zero-order valence-electron chi connectivity index (χ0n) is 17.9. The molecular formula is C24H29F3N2O2. The van der Waals surface area contributed by atoms with Crippen LogP contribution in [0, 0.1) is 0 Å². The van der Waals surface area contributed by atoms with Crippen LogP contribution in [0.1, 0.15) is 50.3 Å². The minimum absolute atomic E-state index is 0.0985. The number of hydrogen-bond acceptors (Lipinski definition) is 3. The number of piperidine rings is 1. The number of nitrogens with zero attached hydrogens (tertiary/aromatic N) is 1. The van der Waals surface area contributed by atoms with Gasteiger partial charge in [-0.15, -0.1) is 0 Å². The fourth-order valence-electron chi connectivity index (χ4n) is 4.04. The maximum absolute atomic E-state index is 13.0. The largest absolute Gasteiger partial charge is 0.492 e. The Labute approximate surface area is 181 Å². The fourth-order valence-corrected chi connectivity index (χ4v) is 4.04. The van der Waals surface area contributed by atoms with Crippen LogP contribution in [0.4, 0.5) is 13.2 Å². The normalized spacial score (nSPS) is 20.8. The molecule has 2 aromatic carbocycles. The lowest BCUT2D eigenvalue weighted by Crippen LogP contribution is -2.54. The van der Waals surface area contributed by atoms with Gasteiger partial charge in [0.05, 0.1) is 17.6 Å². The van der Waals surface area contributed by atoms with E-state index >= 15 is 0 Å². The number of amides is 1. The van der Waals surface area contributed by atoms with Gasteiger partial charge >= 0.3 is 6.18 Å². The Bertz CT molecular complexity index is 840. The average molecular weight is 435 g/mol. The minimum Gasteiger partial charge on any atom is -0.492 e. The highest BCUT2D eigenvalue weighted by Crippen LogP contribution is 2.30. The van der Waals surface area contributed by atoms with E-state index in [-0.39, 0.29) is 24.0 Å². The molecule has 4 nitrogen and oxygen atoms in total. The Balaban J connectivity index is 1.59. The average Bonchev–Trinajstić information content (AvgIpc) is 2.75. The van der Waals surface area contributed by atoms with Gasteiger partial charge in [-0.05, 0) is 62.9 Å². The Kier molecular flexibility index (Phi) is 7.59. The third kappa shape index (κ3) is 6.23. The molecule has 1 aliphatic heterocycles. The van der Waals surface area contributed by atoms with Gasteiger partial charge in [-0.1, -0.05) is 30.3 Å². The van der Waals surface area contributed by atoms with Crippen molar-refractivity contribution in [2.24, 2.45) is 0 Å². The molecule has 1 aliphatic rings. The number of carbonyl (C=O) groups is 1. The quantitative estimate of drug-likeness (QED) is 0.651. The summed E-state index contributed by atoms with van der Waals surface area (Å²) >= 11 is 0. The Hall–Kier alpha value is -2.54. The molecule has 0 spiro atoms. The van der Waals surface area contributed by atoms with Gasteiger partial charge in [0.1, 0.15) is 12.4 Å². The van der Waals surface area contributed by atoms with Crippen molar-refractivity contribution in [3.8, 4) is 5.75 Å². The third-order valence-electron chi connectivity index (χ3n) is 5.83. The van der Waals surface area contributed by atoms with Crippen LogP contribution in [0.5, 0.6) is 5.75 Å². The zero-order chi connectivity index (χ0) is 22.4. The van der Waals surface area contributed by atoms with Crippen molar-refractivity contribution in [1.82, 2.24) is 10.2 Å². The Morgan fingerprint density at radius 3 is 2.45 bits per heavy atom. The van der Waals surface area contributed by atoms with E-state index in [0.29, 0.717) is 18.7 Å². The van der Waals surface area contributed by atoms with Gasteiger partial charge in [0.2, 0.25) is 5.91 Å². The molecule has 7 heteroatoms. The van der Waals surface area contributed by atoms with Crippen LogP contribution in [0.25, 0.3) is 0 Å². The molecule has 3 rings (SSSR count). The molecule has 2 aromatic rings. The van der Waals surface area contributed by atoms with Crippen molar-refractivity contribution in [3.63, 3.8) is 0 Å². The number of alkyl halides is 3. The maximum atomic E-state index is 13.0. The number of hydrogen-bond donors (Lipinski definition) is 1. The van der Waals surface area contributed by atoms with Gasteiger partial charge in [0.15, 0.2) is 0 Å². The molecule has 168 valence electrons. The van der Waals surface area contributed by atoms with E-state index < -0.39 is 11.7 Å². The van der Waals surface area contributed by atoms with Gasteiger partial charge in [0.25, 0.3) is 0 Å². The van der Waals surface area contributed by atoms with E-state index in [4.69, 9.17) is 4.74 Å². The number of nitrogens with one attached hydrogen (secondary N) is 1. The molecule has 0 saturated carbocycles. The first-order chi connectivity index (χ1) is 14.8. The van der Waals surface area contributed by atoms with Crippen molar-refractivity contribution in [3.05, 3.63) is 65.7 Å². The highest BCUT2D eigenvalue weighted by molar-refractivity contribution is 5.82. The molecule has 0 bridgehead atoms. The summed E-state index contributed by atoms with van der Waals surface area (Å²) in [5.74, 6) is 0.697. The number of para-hydroxylation sites is 1. The van der Waals surface area contributed by atoms with E-state index in [1.807, 2.05) is 30.3 Å². The van der Waals surface area contributed by atoms with Gasteiger partial charge < -0.3 is 10.1 Å². The SMILES string of the molecule is CC(NC(=O)C1CCCC(C)N1CCOc1ccccc1)c1ccc(C(F)(F)F)cc1. The van der Waals surface area contributed by atoms with Crippen LogP contribution in [-0.2, 0) is 11.0 Å². The molecule has 0 aliphatic carbocycles. The summed E-state index contributed by atoms with van der Waals surface area (Å²) in [6, 6.07) is 14.1. The second kappa shape index (κ2) is 10.2. The minimum atomic E-state index is -4.37. The highest BCUT2D eigenvalue weighted by atomic mass is 19.4. The van der Waals surface area contributed by atoms with E-state index in [1.165, 1.54) is 12.1 Å². The molecule has 3 atom stereocenters. The summed E-state index contributed by atoms with van der Waals surface area (Å²) in [7, 11) is 0. The Morgan fingerprint density at radius 1 is 1.13 bits per heavy atom. The fraction of sp³-hybridized carbons (Fsp3) is 0.458. The van der Waals surface area contributed by atoms with Crippen molar-refractivity contribution in [2.45, 2.75) is 57.4 Å². The summed E-state index contributed by atoms with van der Waals surface area (Å²) in [5, 5.41) is 2.98. The number of benzene rings is 2. The predicted molar refractivity (Wildman–Crippen MR) is 114 cm³/mol. The second-order valence-corrected chi connectivity index (χ2v) is 8.05. The lowest BCUT2D eigenvalue weighted by Gasteiger charge is -2.40. The number of ether oxygens (including phenoxy) is 1. The summed E-state index contributed by atoms with van der Waals surface area (Å²) in [6.45, 7) is 5.01. The highest BCUT2D eigenvalue weighted by Gasteiger charge is 2.34. The number of carbonyl (C=O) groups excluding carboxylic acids is 1. The van der Waals surface area contributed by atoms with E-state index in [0.717, 1.165) is 37.1 Å². The number of rotatable bonds is 7. The third-order valence-corrected chi connectivity index (χ3v) is 5.83. The smallest absolute Gasteiger partial charge is 0.416 e. The van der Waals surface area contributed by atoms with Gasteiger partial charge in [-0.3, -0.25) is 9.69 Å². The van der Waals surface area contributed by atoms with Crippen molar-refractivity contribution in [1.29, 1.82) is 0 Å². The van der Waals surface area contributed by atoms with Crippen LogP contribution in [0.15, 0.2) is 54.6 Å². The molecule has 1 amide bonds. The van der Waals surface area contributed by atoms with Crippen LogP contribution < -0.4 is 10.1 Å². The summed E-state index contributed by atoms with van der Waals surface area (Å²) < 4.78 is 44.1. The molecule has 0 radical (unpaired) electrons. The van der Waals surface area contributed by atoms with Crippen LogP contribution in [0.3, 0.4) is 0 Å². The molecular weight excluding hydrogens is 405 g/mol. The molecule has 1 N–H and O–H groups in total. The van der Waals surface area contributed by atoms with Gasteiger partial charge in [-0.2, -0.15) is 13.2 Å². The van der Waals surface area contributed by atoms with Crippen LogP contribution in [0.2, 0.25) is 0 Å². The monoisotopic (exact) mass is 434 g/mol. The second-order valence-electron chi connectivity index (χ2n) is 8.05. The zero-order valence-corrected chi connectivity index (χ0v) is 17.9. The van der Waals surface area contributed by atoms with Crippen molar-refractivity contribution >= 4 is 5.91 Å². The molecule has 31 heavy (non-hydrogen) atoms. The first kappa shape index (κ1) is 23.1. The molecule has 0 aromatic heterocycles. The van der Waals surface area contributed by atoms with Gasteiger partial charge in [0, 0.05) is 12.6 Å². The first-order valence-electron chi connectivity index (χ1n) is 10.7. The topological polar surface area (TPSA) is 41.6 Å². The summed E-state index contributed by atoms with van der Waals surface area (Å²) in [4.78, 5) is 15.2. The van der Waals surface area contributed by atoms with Crippen molar-refractivity contribution < 1.29 is 22.7 Å². The van der Waals surface area contributed by atoms with Crippen LogP contribution in [-0.4, -0.2) is 36.0 Å². The standard InChI is InChI=1S/C24H29F3N2O2/c1-17-7-6-10-22(29(17)15-16-31-21-8-4-3-5-9-21)23(30)28-18(2)19-11-13-20(14-12-19)24(25,26)27/h3-5,8-9,11-14,17-18,22H,6-7,10,15-16H2,1-2H3,(H,28,30). The van der Waals surface area contributed by atoms with Crippen LogP contribution >= 0.6 is 0 Å². The molecule has 3 unspecified atom stereocenters. The Morgan fingerprint density at radius 2 is 1.81 bits per heavy atom.